The van der Waals surface area contributed by atoms with E-state index in [2.05, 4.69) is 0 Å². The van der Waals surface area contributed by atoms with Gasteiger partial charge in [-0.3, -0.25) is 4.79 Å². The van der Waals surface area contributed by atoms with Gasteiger partial charge >= 0.3 is 5.97 Å². The lowest BCUT2D eigenvalue weighted by atomic mass is 10.1. The summed E-state index contributed by atoms with van der Waals surface area (Å²) in [7, 11) is 0. The maximum Gasteiger partial charge on any atom is 0.331 e. The second-order valence-corrected chi connectivity index (χ2v) is 7.21. The Kier molecular flexibility index (Phi) is 5.25. The molecule has 0 aliphatic carbocycles. The Bertz CT molecular complexity index is 967. The number of hydrogen-bond donors (Lipinski definition) is 0. The Morgan fingerprint density at radius 2 is 1.90 bits per heavy atom. The van der Waals surface area contributed by atoms with E-state index < -0.39 is 12.1 Å². The van der Waals surface area contributed by atoms with Crippen molar-refractivity contribution in [2.45, 2.75) is 32.4 Å². The number of para-hydroxylation sites is 1. The maximum atomic E-state index is 12.9. The van der Waals surface area contributed by atoms with Crippen LogP contribution in [-0.4, -0.2) is 37.2 Å². The van der Waals surface area contributed by atoms with E-state index in [0.29, 0.717) is 24.7 Å². The van der Waals surface area contributed by atoms with E-state index in [-0.39, 0.29) is 11.9 Å². The van der Waals surface area contributed by atoms with E-state index in [1.807, 2.05) is 37.3 Å². The van der Waals surface area contributed by atoms with Gasteiger partial charge in [0, 0.05) is 17.8 Å². The van der Waals surface area contributed by atoms with Crippen LogP contribution in [0.1, 0.15) is 25.0 Å². The van der Waals surface area contributed by atoms with Crippen molar-refractivity contribution in [1.82, 2.24) is 0 Å². The van der Waals surface area contributed by atoms with E-state index in [1.165, 1.54) is 6.08 Å². The number of fused-ring (bicyclic) bond motifs is 2. The van der Waals surface area contributed by atoms with Crippen LogP contribution >= 0.6 is 0 Å². The summed E-state index contributed by atoms with van der Waals surface area (Å²) in [5.41, 5.74) is 2.80. The number of esters is 1. The van der Waals surface area contributed by atoms with E-state index in [1.54, 1.807) is 30.0 Å². The van der Waals surface area contributed by atoms with Crippen molar-refractivity contribution in [2.75, 3.05) is 18.1 Å². The Labute approximate surface area is 169 Å². The fraction of sp³-hybridized carbons (Fsp3) is 0.304. The number of carbonyl (C=O) groups is 2. The lowest BCUT2D eigenvalue weighted by Crippen LogP contribution is -2.43. The molecule has 2 atom stereocenters. The lowest BCUT2D eigenvalue weighted by Gasteiger charge is -2.25. The van der Waals surface area contributed by atoms with Crippen LogP contribution in [0.3, 0.4) is 0 Å². The normalized spacial score (nSPS) is 18.4. The van der Waals surface area contributed by atoms with Crippen LogP contribution in [0.15, 0.2) is 48.5 Å². The number of ether oxygens (including phenoxy) is 3. The summed E-state index contributed by atoms with van der Waals surface area (Å²) in [6.07, 6.45) is 2.87. The van der Waals surface area contributed by atoms with E-state index in [9.17, 15) is 9.59 Å². The van der Waals surface area contributed by atoms with Gasteiger partial charge in [-0.1, -0.05) is 24.3 Å². The third kappa shape index (κ3) is 3.97. The zero-order valence-electron chi connectivity index (χ0n) is 16.5. The van der Waals surface area contributed by atoms with Crippen molar-refractivity contribution in [3.05, 3.63) is 59.7 Å². The zero-order valence-corrected chi connectivity index (χ0v) is 16.5. The van der Waals surface area contributed by atoms with Crippen LogP contribution in [0.2, 0.25) is 0 Å². The number of hydrogen-bond acceptors (Lipinski definition) is 5. The number of nitrogens with zero attached hydrogens (tertiary/aromatic N) is 1. The molecule has 0 aromatic heterocycles. The smallest absolute Gasteiger partial charge is 0.331 e. The minimum atomic E-state index is -0.874. The molecule has 6 heteroatoms. The molecule has 1 amide bonds. The molecule has 0 saturated heterocycles. The monoisotopic (exact) mass is 393 g/mol. The highest BCUT2D eigenvalue weighted by molar-refractivity contribution is 6.00. The van der Waals surface area contributed by atoms with Crippen LogP contribution < -0.4 is 14.4 Å². The second-order valence-electron chi connectivity index (χ2n) is 7.21. The first-order valence-corrected chi connectivity index (χ1v) is 9.72. The van der Waals surface area contributed by atoms with Crippen molar-refractivity contribution in [1.29, 1.82) is 0 Å². The van der Waals surface area contributed by atoms with Crippen LogP contribution in [0.4, 0.5) is 5.69 Å². The van der Waals surface area contributed by atoms with E-state index >= 15 is 0 Å². The van der Waals surface area contributed by atoms with Crippen LogP contribution in [0.25, 0.3) is 6.08 Å². The summed E-state index contributed by atoms with van der Waals surface area (Å²) in [4.78, 5) is 26.8. The highest BCUT2D eigenvalue weighted by Crippen LogP contribution is 2.33. The van der Waals surface area contributed by atoms with Gasteiger partial charge in [-0.15, -0.1) is 0 Å². The molecule has 0 saturated carbocycles. The molecule has 0 radical (unpaired) electrons. The average molecular weight is 393 g/mol. The van der Waals surface area contributed by atoms with Crippen molar-refractivity contribution >= 4 is 23.6 Å². The molecule has 4 rings (SSSR count). The summed E-state index contributed by atoms with van der Waals surface area (Å²) in [5, 5.41) is 0. The van der Waals surface area contributed by atoms with Gasteiger partial charge in [-0.25, -0.2) is 4.79 Å². The first kappa shape index (κ1) is 19.1. The molecule has 2 aliphatic heterocycles. The summed E-state index contributed by atoms with van der Waals surface area (Å²) >= 11 is 0. The standard InChI is InChI=1S/C23H23NO5/c1-15-13-18-5-3-4-6-19(18)24(15)23(26)16(2)29-22(25)10-8-17-7-9-20-21(14-17)28-12-11-27-20/h3-10,14-16H,11-13H2,1-2H3/b10-8+/t15-,16-/m0/s1. The predicted octanol–water partition coefficient (Wildman–Crippen LogP) is 3.38. The molecule has 0 spiro atoms. The first-order chi connectivity index (χ1) is 14.0. The Balaban J connectivity index is 1.39. The van der Waals surface area contributed by atoms with E-state index in [0.717, 1.165) is 23.2 Å². The lowest BCUT2D eigenvalue weighted by molar-refractivity contribution is -0.149. The van der Waals surface area contributed by atoms with Crippen molar-refractivity contribution in [2.24, 2.45) is 0 Å². The third-order valence-electron chi connectivity index (χ3n) is 5.06. The molecule has 29 heavy (non-hydrogen) atoms. The number of anilines is 1. The number of rotatable bonds is 4. The average Bonchev–Trinajstić information content (AvgIpc) is 3.07. The quantitative estimate of drug-likeness (QED) is 0.589. The summed E-state index contributed by atoms with van der Waals surface area (Å²) in [6, 6.07) is 13.3. The molecule has 150 valence electrons. The molecule has 0 fully saturated rings. The van der Waals surface area contributed by atoms with Crippen molar-refractivity contribution < 1.29 is 23.8 Å². The highest BCUT2D eigenvalue weighted by atomic mass is 16.6. The summed E-state index contributed by atoms with van der Waals surface area (Å²) < 4.78 is 16.4. The van der Waals surface area contributed by atoms with Crippen LogP contribution in [-0.2, 0) is 20.7 Å². The van der Waals surface area contributed by atoms with Gasteiger partial charge in [0.25, 0.3) is 5.91 Å². The summed E-state index contributed by atoms with van der Waals surface area (Å²) in [6.45, 7) is 4.63. The van der Waals surface area contributed by atoms with Gasteiger partial charge in [0.15, 0.2) is 17.6 Å². The molecule has 2 aromatic rings. The zero-order chi connectivity index (χ0) is 20.4. The second kappa shape index (κ2) is 7.99. The largest absolute Gasteiger partial charge is 0.486 e. The molecule has 0 unspecified atom stereocenters. The molecule has 2 heterocycles. The first-order valence-electron chi connectivity index (χ1n) is 9.72. The fourth-order valence-corrected chi connectivity index (χ4v) is 3.69. The molecule has 0 N–H and O–H groups in total. The highest BCUT2D eigenvalue weighted by Gasteiger charge is 2.34. The van der Waals surface area contributed by atoms with Crippen molar-refractivity contribution in [3.8, 4) is 11.5 Å². The molecule has 2 aromatic carbocycles. The van der Waals surface area contributed by atoms with Gasteiger partial charge in [0.2, 0.25) is 0 Å². The van der Waals surface area contributed by atoms with Gasteiger partial charge in [0.05, 0.1) is 0 Å². The number of benzene rings is 2. The van der Waals surface area contributed by atoms with Gasteiger partial charge < -0.3 is 19.1 Å². The van der Waals surface area contributed by atoms with Gasteiger partial charge in [0.1, 0.15) is 13.2 Å². The van der Waals surface area contributed by atoms with E-state index in [4.69, 9.17) is 14.2 Å². The molecule has 0 bridgehead atoms. The maximum absolute atomic E-state index is 12.9. The van der Waals surface area contributed by atoms with Crippen LogP contribution in [0.5, 0.6) is 11.5 Å². The number of amides is 1. The third-order valence-corrected chi connectivity index (χ3v) is 5.06. The predicted molar refractivity (Wildman–Crippen MR) is 109 cm³/mol. The Morgan fingerprint density at radius 3 is 2.72 bits per heavy atom. The van der Waals surface area contributed by atoms with Crippen LogP contribution in [0, 0.1) is 0 Å². The SMILES string of the molecule is C[C@H](OC(=O)/C=C/c1ccc2c(c1)OCCO2)C(=O)N1c2ccccc2C[C@@H]1C. The van der Waals surface area contributed by atoms with Gasteiger partial charge in [-0.05, 0) is 55.7 Å². The van der Waals surface area contributed by atoms with Crippen molar-refractivity contribution in [3.63, 3.8) is 0 Å². The minimum Gasteiger partial charge on any atom is -0.486 e. The minimum absolute atomic E-state index is 0.0364. The Morgan fingerprint density at radius 1 is 1.14 bits per heavy atom. The molecule has 2 aliphatic rings. The Hall–Kier alpha value is -3.28. The molecular formula is C23H23NO5. The fourth-order valence-electron chi connectivity index (χ4n) is 3.69. The summed E-state index contributed by atoms with van der Waals surface area (Å²) in [5.74, 6) is 0.552. The number of carbonyl (C=O) groups excluding carboxylic acids is 2. The topological polar surface area (TPSA) is 65.1 Å². The van der Waals surface area contributed by atoms with Gasteiger partial charge in [-0.2, -0.15) is 0 Å². The molecular weight excluding hydrogens is 370 g/mol. The molecule has 6 nitrogen and oxygen atoms in total.